The van der Waals surface area contributed by atoms with E-state index in [0.717, 1.165) is 31.4 Å². The highest BCUT2D eigenvalue weighted by Gasteiger charge is 2.28. The van der Waals surface area contributed by atoms with Gasteiger partial charge in [0.15, 0.2) is 0 Å². The fourth-order valence-corrected chi connectivity index (χ4v) is 5.58. The third kappa shape index (κ3) is 6.26. The number of nitrogens with zero attached hydrogens (tertiary/aromatic N) is 1. The molecule has 0 spiro atoms. The van der Waals surface area contributed by atoms with Gasteiger partial charge >= 0.3 is 5.97 Å². The molecule has 0 radical (unpaired) electrons. The Kier molecular flexibility index (Phi) is 8.32. The molecule has 3 aromatic rings. The largest absolute Gasteiger partial charge is 0.460 e. The monoisotopic (exact) mass is 534 g/mol. The number of esters is 1. The molecule has 0 saturated heterocycles. The smallest absolute Gasteiger partial charge is 0.310 e. The molecule has 2 N–H and O–H groups in total. The van der Waals surface area contributed by atoms with Crippen LogP contribution in [0.2, 0.25) is 0 Å². The first kappa shape index (κ1) is 27.6. The fraction of sp³-hybridized carbons (Fsp3) is 0.314. The van der Waals surface area contributed by atoms with Gasteiger partial charge < -0.3 is 15.2 Å². The Labute approximate surface area is 235 Å². The number of hydrogen-bond donors (Lipinski definition) is 2. The number of aliphatic hydroxyl groups excluding tert-OH is 1. The molecule has 206 valence electrons. The summed E-state index contributed by atoms with van der Waals surface area (Å²) < 4.78 is 5.65. The number of hydrogen-bond acceptors (Lipinski definition) is 5. The van der Waals surface area contributed by atoms with E-state index in [1.165, 1.54) is 43.1 Å². The summed E-state index contributed by atoms with van der Waals surface area (Å²) in [6.45, 7) is 6.40. The predicted octanol–water partition coefficient (Wildman–Crippen LogP) is 4.68. The molecule has 40 heavy (non-hydrogen) atoms. The van der Waals surface area contributed by atoms with Crippen LogP contribution in [0.25, 0.3) is 18.2 Å². The van der Waals surface area contributed by atoms with E-state index in [4.69, 9.17) is 9.84 Å². The van der Waals surface area contributed by atoms with Crippen LogP contribution >= 0.6 is 0 Å². The molecule has 0 bridgehead atoms. The number of ether oxygens (including phenoxy) is 1. The van der Waals surface area contributed by atoms with Crippen LogP contribution in [-0.2, 0) is 28.8 Å². The lowest BCUT2D eigenvalue weighted by atomic mass is 9.84. The van der Waals surface area contributed by atoms with Crippen LogP contribution in [0.3, 0.4) is 0 Å². The van der Waals surface area contributed by atoms with Gasteiger partial charge in [-0.3, -0.25) is 9.79 Å². The molecular weight excluding hydrogens is 496 g/mol. The molecule has 1 heterocycles. The number of nitrogens with one attached hydrogen (secondary N) is 1. The van der Waals surface area contributed by atoms with Gasteiger partial charge in [0, 0.05) is 36.3 Å². The van der Waals surface area contributed by atoms with Gasteiger partial charge in [-0.1, -0.05) is 60.7 Å². The van der Waals surface area contributed by atoms with E-state index < -0.39 is 5.60 Å². The van der Waals surface area contributed by atoms with Crippen LogP contribution in [-0.4, -0.2) is 36.0 Å². The van der Waals surface area contributed by atoms with E-state index in [0.29, 0.717) is 6.54 Å². The first-order chi connectivity index (χ1) is 19.3. The van der Waals surface area contributed by atoms with Crippen molar-refractivity contribution in [1.82, 2.24) is 0 Å². The number of anilines is 1. The van der Waals surface area contributed by atoms with E-state index in [1.807, 2.05) is 39.3 Å². The summed E-state index contributed by atoms with van der Waals surface area (Å²) >= 11 is 0. The molecule has 1 unspecified atom stereocenters. The molecular formula is C35H38N2O3. The standard InChI is InChI=1S/C25H29NO3.C10H9N/c1-25(2,3)29-24(28)17-8-7-16-9-10-19-18-5-4-6-23(26-13-14-27)21(18)12-11-20(19)22(16)15-17;1-2-4-10-6-8-11-7-5-9(10)3-1/h4-7,9-10,12,17,26-27H,8,11,13-15H2,1-3H3;1-5,7-8H,6H2. The minimum Gasteiger partial charge on any atom is -0.460 e. The van der Waals surface area contributed by atoms with Crippen LogP contribution in [0.1, 0.15) is 49.4 Å². The second-order valence-corrected chi connectivity index (χ2v) is 11.4. The van der Waals surface area contributed by atoms with Crippen molar-refractivity contribution in [3.8, 4) is 0 Å². The van der Waals surface area contributed by atoms with Crippen LogP contribution in [0, 0.1) is 16.4 Å². The van der Waals surface area contributed by atoms with Crippen molar-refractivity contribution in [2.45, 2.75) is 52.1 Å². The van der Waals surface area contributed by atoms with E-state index in [1.54, 1.807) is 0 Å². The van der Waals surface area contributed by atoms with Crippen molar-refractivity contribution in [1.29, 1.82) is 0 Å². The molecule has 5 nitrogen and oxygen atoms in total. The van der Waals surface area contributed by atoms with Crippen LogP contribution in [0.4, 0.5) is 5.69 Å². The van der Waals surface area contributed by atoms with Gasteiger partial charge in [-0.25, -0.2) is 0 Å². The van der Waals surface area contributed by atoms with Crippen molar-refractivity contribution >= 4 is 36.1 Å². The zero-order valence-corrected chi connectivity index (χ0v) is 23.6. The molecule has 5 heteroatoms. The highest BCUT2D eigenvalue weighted by Crippen LogP contribution is 2.24. The predicted molar refractivity (Wildman–Crippen MR) is 163 cm³/mol. The number of aliphatic imine (C=N–C) groups is 1. The quantitative estimate of drug-likeness (QED) is 0.477. The fourth-order valence-electron chi connectivity index (χ4n) is 5.58. The van der Waals surface area contributed by atoms with Crippen molar-refractivity contribution in [3.05, 3.63) is 104 Å². The maximum Gasteiger partial charge on any atom is 0.310 e. The summed E-state index contributed by atoms with van der Waals surface area (Å²) in [6, 6.07) is 19.0. The summed E-state index contributed by atoms with van der Waals surface area (Å²) in [5, 5.41) is 17.3. The van der Waals surface area contributed by atoms with Gasteiger partial charge in [-0.15, -0.1) is 0 Å². The van der Waals surface area contributed by atoms with E-state index >= 15 is 0 Å². The van der Waals surface area contributed by atoms with E-state index in [-0.39, 0.29) is 18.5 Å². The summed E-state index contributed by atoms with van der Waals surface area (Å²) in [5.74, 6) is -0.222. The number of carbonyl (C=O) groups is 1. The third-order valence-corrected chi connectivity index (χ3v) is 7.43. The lowest BCUT2D eigenvalue weighted by Crippen LogP contribution is -2.33. The Hall–Kier alpha value is -3.96. The lowest BCUT2D eigenvalue weighted by Gasteiger charge is -2.26. The zero-order valence-electron chi connectivity index (χ0n) is 23.6. The molecule has 3 aromatic carbocycles. The molecule has 1 atom stereocenters. The summed E-state index contributed by atoms with van der Waals surface area (Å²) in [5.41, 5.74) is 5.82. The van der Waals surface area contributed by atoms with E-state index in [9.17, 15) is 4.79 Å². The Bertz CT molecular complexity index is 1680. The number of carbonyl (C=O) groups excluding carboxylic acids is 1. The third-order valence-electron chi connectivity index (χ3n) is 7.43. The number of benzene rings is 3. The molecule has 0 aromatic heterocycles. The van der Waals surface area contributed by atoms with Gasteiger partial charge in [0.25, 0.3) is 0 Å². The van der Waals surface area contributed by atoms with Gasteiger partial charge in [0.2, 0.25) is 0 Å². The topological polar surface area (TPSA) is 70.9 Å². The number of fused-ring (bicyclic) bond motifs is 5. The average molecular weight is 535 g/mol. The van der Waals surface area contributed by atoms with Crippen molar-refractivity contribution < 1.29 is 14.6 Å². The van der Waals surface area contributed by atoms with E-state index in [2.05, 4.69) is 77.1 Å². The molecule has 2 aliphatic carbocycles. The second kappa shape index (κ2) is 12.1. The van der Waals surface area contributed by atoms with Crippen molar-refractivity contribution in [3.63, 3.8) is 0 Å². The minimum atomic E-state index is -0.460. The lowest BCUT2D eigenvalue weighted by molar-refractivity contribution is -0.159. The average Bonchev–Trinajstić information content (AvgIpc) is 3.20. The van der Waals surface area contributed by atoms with Gasteiger partial charge in [-0.2, -0.15) is 0 Å². The maximum atomic E-state index is 12.7. The zero-order chi connectivity index (χ0) is 28.1. The molecule has 3 aliphatic rings. The van der Waals surface area contributed by atoms with Gasteiger partial charge in [0.05, 0.1) is 12.5 Å². The van der Waals surface area contributed by atoms with Crippen molar-refractivity contribution in [2.24, 2.45) is 10.9 Å². The SMILES string of the molecule is C1=Cc2ccccc2CC=N1.CC(C)(C)OC(=O)C1CC=c2ccc3c(c2C1)CC=c1c(NCCO)cccc1=3. The minimum absolute atomic E-state index is 0.104. The van der Waals surface area contributed by atoms with Crippen molar-refractivity contribution in [2.75, 3.05) is 18.5 Å². The molecule has 1 aliphatic heterocycles. The molecule has 0 saturated carbocycles. The molecule has 0 amide bonds. The Morgan fingerprint density at radius 1 is 1.00 bits per heavy atom. The Balaban J connectivity index is 0.000000244. The highest BCUT2D eigenvalue weighted by atomic mass is 16.6. The van der Waals surface area contributed by atoms with Crippen LogP contribution in [0.5, 0.6) is 0 Å². The maximum absolute atomic E-state index is 12.7. The highest BCUT2D eigenvalue weighted by molar-refractivity contribution is 5.75. The number of rotatable bonds is 4. The van der Waals surface area contributed by atoms with Crippen LogP contribution < -0.4 is 15.8 Å². The van der Waals surface area contributed by atoms with Gasteiger partial charge in [0.1, 0.15) is 5.60 Å². The Morgan fingerprint density at radius 2 is 1.85 bits per heavy atom. The summed E-state index contributed by atoms with van der Waals surface area (Å²) in [7, 11) is 0. The molecule has 6 rings (SSSR count). The first-order valence-corrected chi connectivity index (χ1v) is 14.1. The second-order valence-electron chi connectivity index (χ2n) is 11.4. The first-order valence-electron chi connectivity index (χ1n) is 14.1. The summed E-state index contributed by atoms with van der Waals surface area (Å²) in [4.78, 5) is 16.7. The number of aliphatic hydroxyl groups is 1. The Morgan fingerprint density at radius 3 is 2.67 bits per heavy atom. The van der Waals surface area contributed by atoms with Crippen LogP contribution in [0.15, 0.2) is 65.8 Å². The normalized spacial score (nSPS) is 16.4. The van der Waals surface area contributed by atoms with Gasteiger partial charge in [-0.05, 0) is 90.1 Å². The molecule has 0 fully saturated rings. The summed E-state index contributed by atoms with van der Waals surface area (Å²) in [6.07, 6.45) is 13.5.